The topological polar surface area (TPSA) is 82.6 Å². The maximum atomic E-state index is 13.4. The van der Waals surface area contributed by atoms with Gasteiger partial charge in [-0.1, -0.05) is 42.5 Å². The lowest BCUT2D eigenvalue weighted by Gasteiger charge is -2.26. The maximum Gasteiger partial charge on any atom is 0.300 e. The molecular formula is C28H24N2O4. The van der Waals surface area contributed by atoms with Gasteiger partial charge in [-0.2, -0.15) is 0 Å². The molecule has 6 heteroatoms. The molecular weight excluding hydrogens is 428 g/mol. The second-order valence-corrected chi connectivity index (χ2v) is 8.20. The van der Waals surface area contributed by atoms with Crippen LogP contribution in [0.3, 0.4) is 0 Å². The Labute approximate surface area is 197 Å². The highest BCUT2D eigenvalue weighted by Gasteiger charge is 2.47. The summed E-state index contributed by atoms with van der Waals surface area (Å²) in [6.45, 7) is 4.35. The van der Waals surface area contributed by atoms with Crippen molar-refractivity contribution >= 4 is 34.0 Å². The van der Waals surface area contributed by atoms with E-state index in [1.165, 1.54) is 4.90 Å². The molecule has 1 aliphatic rings. The minimum absolute atomic E-state index is 0.0675. The first-order chi connectivity index (χ1) is 16.5. The molecule has 2 heterocycles. The lowest BCUT2D eigenvalue weighted by Crippen LogP contribution is -2.29. The SMILES string of the molecule is CCOc1ccc(N2C(=O)C(=O)/C(=C(/O)c3c[nH]c4ccccc34)C2c2ccccc2C)cc1. The summed E-state index contributed by atoms with van der Waals surface area (Å²) in [4.78, 5) is 31.3. The van der Waals surface area contributed by atoms with Gasteiger partial charge in [-0.3, -0.25) is 14.5 Å². The van der Waals surface area contributed by atoms with Crippen LogP contribution in [0, 0.1) is 6.92 Å². The van der Waals surface area contributed by atoms with E-state index in [-0.39, 0.29) is 11.3 Å². The Bertz CT molecular complexity index is 1430. The number of amides is 1. The van der Waals surface area contributed by atoms with Crippen molar-refractivity contribution in [3.05, 3.63) is 101 Å². The zero-order chi connectivity index (χ0) is 23.8. The zero-order valence-electron chi connectivity index (χ0n) is 18.9. The molecule has 1 saturated heterocycles. The summed E-state index contributed by atoms with van der Waals surface area (Å²) in [5.41, 5.74) is 3.62. The molecule has 0 spiro atoms. The zero-order valence-corrected chi connectivity index (χ0v) is 18.9. The standard InChI is InChI=1S/C28H24N2O4/c1-3-34-19-14-12-18(13-15-19)30-25(20-9-5-4-8-17(20)2)24(27(32)28(30)33)26(31)22-16-29-23-11-7-6-10-21(22)23/h4-16,25,29,31H,3H2,1-2H3/b26-24+. The predicted octanol–water partition coefficient (Wildman–Crippen LogP) is 5.50. The first-order valence-electron chi connectivity index (χ1n) is 11.2. The van der Waals surface area contributed by atoms with Crippen LogP contribution in [0.5, 0.6) is 5.75 Å². The van der Waals surface area contributed by atoms with Crippen molar-refractivity contribution in [1.29, 1.82) is 0 Å². The number of aromatic amines is 1. The smallest absolute Gasteiger partial charge is 0.300 e. The Morgan fingerprint density at radius 3 is 2.44 bits per heavy atom. The number of carbonyl (C=O) groups is 2. The molecule has 1 amide bonds. The Hall–Kier alpha value is -4.32. The van der Waals surface area contributed by atoms with Gasteiger partial charge in [0.15, 0.2) is 0 Å². The van der Waals surface area contributed by atoms with Gasteiger partial charge in [-0.15, -0.1) is 0 Å². The third kappa shape index (κ3) is 3.44. The number of benzene rings is 3. The number of carbonyl (C=O) groups excluding carboxylic acids is 2. The van der Waals surface area contributed by atoms with Crippen LogP contribution < -0.4 is 9.64 Å². The number of H-pyrrole nitrogens is 1. The molecule has 4 aromatic rings. The number of rotatable bonds is 5. The number of anilines is 1. The Morgan fingerprint density at radius 2 is 1.71 bits per heavy atom. The van der Waals surface area contributed by atoms with E-state index in [1.807, 2.05) is 62.4 Å². The minimum atomic E-state index is -0.771. The summed E-state index contributed by atoms with van der Waals surface area (Å²) in [6, 6.07) is 21.4. The van der Waals surface area contributed by atoms with Gasteiger partial charge in [-0.25, -0.2) is 0 Å². The summed E-state index contributed by atoms with van der Waals surface area (Å²) >= 11 is 0. The first-order valence-corrected chi connectivity index (χ1v) is 11.2. The van der Waals surface area contributed by atoms with E-state index in [4.69, 9.17) is 4.74 Å². The van der Waals surface area contributed by atoms with Crippen LogP contribution in [0.4, 0.5) is 5.69 Å². The van der Waals surface area contributed by atoms with E-state index < -0.39 is 17.7 Å². The number of ketones is 1. The number of aromatic nitrogens is 1. The average molecular weight is 453 g/mol. The first kappa shape index (κ1) is 21.5. The Morgan fingerprint density at radius 1 is 1.00 bits per heavy atom. The predicted molar refractivity (Wildman–Crippen MR) is 132 cm³/mol. The lowest BCUT2D eigenvalue weighted by atomic mass is 9.92. The Kier molecular flexibility index (Phi) is 5.42. The van der Waals surface area contributed by atoms with Crippen molar-refractivity contribution in [3.8, 4) is 5.75 Å². The third-order valence-electron chi connectivity index (χ3n) is 6.20. The lowest BCUT2D eigenvalue weighted by molar-refractivity contribution is -0.132. The van der Waals surface area contributed by atoms with Crippen LogP contribution in [0.1, 0.15) is 29.7 Å². The maximum absolute atomic E-state index is 13.4. The van der Waals surface area contributed by atoms with Gasteiger partial charge in [0.2, 0.25) is 0 Å². The van der Waals surface area contributed by atoms with Crippen molar-refractivity contribution in [2.75, 3.05) is 11.5 Å². The second-order valence-electron chi connectivity index (χ2n) is 8.20. The second kappa shape index (κ2) is 8.56. The van der Waals surface area contributed by atoms with E-state index in [0.29, 0.717) is 23.6 Å². The van der Waals surface area contributed by atoms with Crippen LogP contribution in [0.25, 0.3) is 16.7 Å². The van der Waals surface area contributed by atoms with Gasteiger partial charge in [0.1, 0.15) is 11.5 Å². The molecule has 1 atom stereocenters. The molecule has 1 aliphatic heterocycles. The molecule has 170 valence electrons. The van der Waals surface area contributed by atoms with Crippen LogP contribution >= 0.6 is 0 Å². The fourth-order valence-corrected chi connectivity index (χ4v) is 4.57. The number of aliphatic hydroxyl groups is 1. The highest BCUT2D eigenvalue weighted by molar-refractivity contribution is 6.51. The third-order valence-corrected chi connectivity index (χ3v) is 6.20. The number of para-hydroxylation sites is 1. The molecule has 1 aromatic heterocycles. The number of ether oxygens (including phenoxy) is 1. The molecule has 5 rings (SSSR count). The van der Waals surface area contributed by atoms with Crippen LogP contribution in [-0.4, -0.2) is 28.4 Å². The van der Waals surface area contributed by atoms with Gasteiger partial charge >= 0.3 is 0 Å². The number of Topliss-reactive ketones (excluding diaryl/α,β-unsaturated/α-hetero) is 1. The monoisotopic (exact) mass is 452 g/mol. The highest BCUT2D eigenvalue weighted by Crippen LogP contribution is 2.44. The molecule has 34 heavy (non-hydrogen) atoms. The Balaban J connectivity index is 1.72. The largest absolute Gasteiger partial charge is 0.507 e. The number of nitrogens with zero attached hydrogens (tertiary/aromatic N) is 1. The van der Waals surface area contributed by atoms with Crippen molar-refractivity contribution in [3.63, 3.8) is 0 Å². The fourth-order valence-electron chi connectivity index (χ4n) is 4.57. The van der Waals surface area contributed by atoms with Gasteiger partial charge < -0.3 is 14.8 Å². The average Bonchev–Trinajstić information content (AvgIpc) is 3.39. The number of hydrogen-bond acceptors (Lipinski definition) is 4. The van der Waals surface area contributed by atoms with E-state index in [2.05, 4.69) is 4.98 Å². The van der Waals surface area contributed by atoms with E-state index >= 15 is 0 Å². The van der Waals surface area contributed by atoms with Crippen molar-refractivity contribution in [2.24, 2.45) is 0 Å². The summed E-state index contributed by atoms with van der Waals surface area (Å²) < 4.78 is 5.53. The number of nitrogens with one attached hydrogen (secondary N) is 1. The van der Waals surface area contributed by atoms with Gasteiger partial charge in [0.05, 0.1) is 18.2 Å². The molecule has 0 aliphatic carbocycles. The molecule has 1 unspecified atom stereocenters. The molecule has 3 aromatic carbocycles. The fraction of sp³-hybridized carbons (Fsp3) is 0.143. The highest BCUT2D eigenvalue weighted by atomic mass is 16.5. The summed E-state index contributed by atoms with van der Waals surface area (Å²) in [7, 11) is 0. The molecule has 2 N–H and O–H groups in total. The van der Waals surface area contributed by atoms with Gasteiger partial charge in [-0.05, 0) is 55.3 Å². The van der Waals surface area contributed by atoms with Crippen LogP contribution in [0.15, 0.2) is 84.6 Å². The van der Waals surface area contributed by atoms with E-state index in [1.54, 1.807) is 30.5 Å². The number of aryl methyl sites for hydroxylation is 1. The van der Waals surface area contributed by atoms with Crippen molar-refractivity contribution < 1.29 is 19.4 Å². The van der Waals surface area contributed by atoms with Crippen molar-refractivity contribution in [1.82, 2.24) is 4.98 Å². The quantitative estimate of drug-likeness (QED) is 0.238. The number of fused-ring (bicyclic) bond motifs is 1. The minimum Gasteiger partial charge on any atom is -0.507 e. The van der Waals surface area contributed by atoms with Crippen LogP contribution in [0.2, 0.25) is 0 Å². The van der Waals surface area contributed by atoms with E-state index in [9.17, 15) is 14.7 Å². The number of hydrogen-bond donors (Lipinski definition) is 2. The molecule has 0 bridgehead atoms. The van der Waals surface area contributed by atoms with Gasteiger partial charge in [0, 0.05) is 28.4 Å². The molecule has 6 nitrogen and oxygen atoms in total. The van der Waals surface area contributed by atoms with E-state index in [0.717, 1.165) is 22.0 Å². The molecule has 0 saturated carbocycles. The normalized spacial score (nSPS) is 17.5. The van der Waals surface area contributed by atoms with Gasteiger partial charge in [0.25, 0.3) is 11.7 Å². The van der Waals surface area contributed by atoms with Crippen molar-refractivity contribution in [2.45, 2.75) is 19.9 Å². The summed E-state index contributed by atoms with van der Waals surface area (Å²) in [5, 5.41) is 12.2. The molecule has 1 fully saturated rings. The van der Waals surface area contributed by atoms with Crippen LogP contribution in [-0.2, 0) is 9.59 Å². The summed E-state index contributed by atoms with van der Waals surface area (Å²) in [5.74, 6) is -0.921. The molecule has 0 radical (unpaired) electrons. The summed E-state index contributed by atoms with van der Waals surface area (Å²) in [6.07, 6.45) is 1.67. The number of aliphatic hydroxyl groups excluding tert-OH is 1.